The lowest BCUT2D eigenvalue weighted by molar-refractivity contribution is 0.141. The summed E-state index contributed by atoms with van der Waals surface area (Å²) in [5.41, 5.74) is 3.29. The highest BCUT2D eigenvalue weighted by molar-refractivity contribution is 6.32. The first kappa shape index (κ1) is 10.5. The van der Waals surface area contributed by atoms with Gasteiger partial charge in [0.25, 0.3) is 0 Å². The largest absolute Gasteiger partial charge is 0.359 e. The van der Waals surface area contributed by atoms with E-state index in [1.807, 2.05) is 19.1 Å². The fourth-order valence-electron chi connectivity index (χ4n) is 1.70. The molecule has 2 aromatic rings. The van der Waals surface area contributed by atoms with Crippen molar-refractivity contribution in [2.24, 2.45) is 5.90 Å². The summed E-state index contributed by atoms with van der Waals surface area (Å²) in [7, 11) is 0. The molecule has 0 unspecified atom stereocenters. The summed E-state index contributed by atoms with van der Waals surface area (Å²) in [5, 5.41) is 1.90. The molecule has 0 amide bonds. The minimum Gasteiger partial charge on any atom is -0.359 e. The van der Waals surface area contributed by atoms with E-state index in [0.29, 0.717) is 6.61 Å². The summed E-state index contributed by atoms with van der Waals surface area (Å²) in [6.45, 7) is 2.50. The van der Waals surface area contributed by atoms with Gasteiger partial charge in [-0.3, -0.25) is 0 Å². The summed E-state index contributed by atoms with van der Waals surface area (Å²) in [5.74, 6) is 4.99. The van der Waals surface area contributed by atoms with Crippen LogP contribution < -0.4 is 5.90 Å². The van der Waals surface area contributed by atoms with Crippen LogP contribution in [0.2, 0.25) is 5.02 Å². The van der Waals surface area contributed by atoms with E-state index < -0.39 is 0 Å². The topological polar surface area (TPSA) is 51.0 Å². The Morgan fingerprint density at radius 2 is 2.20 bits per heavy atom. The van der Waals surface area contributed by atoms with Gasteiger partial charge in [-0.15, -0.1) is 0 Å². The molecule has 15 heavy (non-hydrogen) atoms. The second kappa shape index (κ2) is 4.23. The normalized spacial score (nSPS) is 11.1. The van der Waals surface area contributed by atoms with E-state index in [1.54, 1.807) is 0 Å². The molecular weight excluding hydrogens is 212 g/mol. The third-order valence-corrected chi connectivity index (χ3v) is 2.76. The molecule has 2 rings (SSSR count). The van der Waals surface area contributed by atoms with E-state index in [4.69, 9.17) is 17.5 Å². The molecule has 3 N–H and O–H groups in total. The number of hydrogen-bond donors (Lipinski definition) is 2. The molecule has 80 valence electrons. The number of aromatic amines is 1. The summed E-state index contributed by atoms with van der Waals surface area (Å²) in [6.07, 6.45) is 0.726. The fourth-order valence-corrected chi connectivity index (χ4v) is 1.97. The van der Waals surface area contributed by atoms with Crippen LogP contribution in [0, 0.1) is 6.92 Å². The van der Waals surface area contributed by atoms with Crippen molar-refractivity contribution >= 4 is 22.5 Å². The molecule has 1 heterocycles. The van der Waals surface area contributed by atoms with Crippen molar-refractivity contribution in [1.82, 2.24) is 4.98 Å². The minimum atomic E-state index is 0.477. The quantitative estimate of drug-likeness (QED) is 0.788. The molecule has 0 bridgehead atoms. The zero-order valence-electron chi connectivity index (χ0n) is 8.51. The van der Waals surface area contributed by atoms with Crippen molar-refractivity contribution in [1.29, 1.82) is 0 Å². The Balaban J connectivity index is 2.42. The van der Waals surface area contributed by atoms with Gasteiger partial charge in [0.05, 0.1) is 6.61 Å². The van der Waals surface area contributed by atoms with Gasteiger partial charge >= 0.3 is 0 Å². The number of H-pyrrole nitrogens is 1. The van der Waals surface area contributed by atoms with Crippen LogP contribution in [0.25, 0.3) is 10.9 Å². The van der Waals surface area contributed by atoms with Crippen LogP contribution in [-0.4, -0.2) is 11.6 Å². The maximum Gasteiger partial charge on any atom is 0.0720 e. The summed E-state index contributed by atoms with van der Waals surface area (Å²) in [4.78, 5) is 7.82. The van der Waals surface area contributed by atoms with Gasteiger partial charge in [-0.2, -0.15) is 0 Å². The highest BCUT2D eigenvalue weighted by Gasteiger charge is 2.05. The molecule has 0 atom stereocenters. The average Bonchev–Trinajstić information content (AvgIpc) is 2.53. The maximum atomic E-state index is 6.14. The van der Waals surface area contributed by atoms with Crippen LogP contribution in [0.1, 0.15) is 11.3 Å². The van der Waals surface area contributed by atoms with Crippen LogP contribution in [-0.2, 0) is 11.3 Å². The van der Waals surface area contributed by atoms with E-state index in [1.165, 1.54) is 0 Å². The molecule has 0 radical (unpaired) electrons. The van der Waals surface area contributed by atoms with Crippen LogP contribution >= 0.6 is 11.6 Å². The van der Waals surface area contributed by atoms with Crippen molar-refractivity contribution < 1.29 is 4.84 Å². The standard InChI is InChI=1S/C11H13ClN2O/c1-7-4-9-5-10(12)8(2-3-15-13)6-11(9)14-7/h4-6,14H,2-3,13H2,1H3. The Kier molecular flexibility index (Phi) is 2.95. The molecule has 0 saturated carbocycles. The third kappa shape index (κ3) is 2.15. The van der Waals surface area contributed by atoms with Gasteiger partial charge in [0, 0.05) is 21.6 Å². The molecule has 0 aliphatic heterocycles. The lowest BCUT2D eigenvalue weighted by Gasteiger charge is -2.03. The molecule has 0 aliphatic carbocycles. The molecule has 0 aliphatic rings. The number of nitrogens with two attached hydrogens (primary N) is 1. The number of fused-ring (bicyclic) bond motifs is 1. The zero-order valence-corrected chi connectivity index (χ0v) is 9.27. The molecule has 0 spiro atoms. The second-order valence-corrected chi connectivity index (χ2v) is 4.01. The van der Waals surface area contributed by atoms with E-state index in [9.17, 15) is 0 Å². The molecule has 3 nitrogen and oxygen atoms in total. The summed E-state index contributed by atoms with van der Waals surface area (Å²) >= 11 is 6.14. The predicted octanol–water partition coefficient (Wildman–Crippen LogP) is 2.56. The highest BCUT2D eigenvalue weighted by atomic mass is 35.5. The van der Waals surface area contributed by atoms with Crippen molar-refractivity contribution in [3.63, 3.8) is 0 Å². The number of nitrogens with one attached hydrogen (secondary N) is 1. The Labute approximate surface area is 93.1 Å². The van der Waals surface area contributed by atoms with Gasteiger partial charge in [0.1, 0.15) is 0 Å². The highest BCUT2D eigenvalue weighted by Crippen LogP contribution is 2.24. The number of halogens is 1. The van der Waals surface area contributed by atoms with Crippen LogP contribution in [0.5, 0.6) is 0 Å². The van der Waals surface area contributed by atoms with E-state index in [2.05, 4.69) is 15.9 Å². The molecule has 1 aromatic heterocycles. The van der Waals surface area contributed by atoms with Crippen molar-refractivity contribution in [3.05, 3.63) is 34.5 Å². The first-order chi connectivity index (χ1) is 7.20. The Morgan fingerprint density at radius 3 is 2.93 bits per heavy atom. The van der Waals surface area contributed by atoms with Gasteiger partial charge in [-0.25, -0.2) is 5.90 Å². The fraction of sp³-hybridized carbons (Fsp3) is 0.273. The predicted molar refractivity (Wildman–Crippen MR) is 61.9 cm³/mol. The number of aryl methyl sites for hydroxylation is 1. The SMILES string of the molecule is Cc1cc2cc(Cl)c(CCON)cc2[nH]1. The maximum absolute atomic E-state index is 6.14. The van der Waals surface area contributed by atoms with Gasteiger partial charge in [-0.05, 0) is 37.1 Å². The second-order valence-electron chi connectivity index (χ2n) is 3.60. The first-order valence-electron chi connectivity index (χ1n) is 4.80. The lowest BCUT2D eigenvalue weighted by Crippen LogP contribution is -2.03. The van der Waals surface area contributed by atoms with Crippen LogP contribution in [0.3, 0.4) is 0 Å². The number of benzene rings is 1. The van der Waals surface area contributed by atoms with Crippen LogP contribution in [0.4, 0.5) is 0 Å². The molecule has 0 saturated heterocycles. The number of hydrogen-bond acceptors (Lipinski definition) is 2. The third-order valence-electron chi connectivity index (χ3n) is 2.41. The Morgan fingerprint density at radius 1 is 1.40 bits per heavy atom. The number of rotatable bonds is 3. The summed E-state index contributed by atoms with van der Waals surface area (Å²) < 4.78 is 0. The molecule has 4 heteroatoms. The van der Waals surface area contributed by atoms with Crippen molar-refractivity contribution in [3.8, 4) is 0 Å². The number of aromatic nitrogens is 1. The van der Waals surface area contributed by atoms with Gasteiger partial charge < -0.3 is 9.82 Å². The monoisotopic (exact) mass is 224 g/mol. The molecular formula is C11H13ClN2O. The summed E-state index contributed by atoms with van der Waals surface area (Å²) in [6, 6.07) is 6.08. The lowest BCUT2D eigenvalue weighted by atomic mass is 10.1. The van der Waals surface area contributed by atoms with Crippen molar-refractivity contribution in [2.45, 2.75) is 13.3 Å². The molecule has 0 fully saturated rings. The molecule has 1 aromatic carbocycles. The Bertz CT molecular complexity index is 479. The van der Waals surface area contributed by atoms with Gasteiger partial charge in [-0.1, -0.05) is 11.6 Å². The smallest absolute Gasteiger partial charge is 0.0720 e. The van der Waals surface area contributed by atoms with E-state index in [0.717, 1.165) is 33.6 Å². The zero-order chi connectivity index (χ0) is 10.8. The van der Waals surface area contributed by atoms with Crippen LogP contribution in [0.15, 0.2) is 18.2 Å². The Hall–Kier alpha value is -1.03. The van der Waals surface area contributed by atoms with E-state index in [-0.39, 0.29) is 0 Å². The van der Waals surface area contributed by atoms with E-state index >= 15 is 0 Å². The van der Waals surface area contributed by atoms with Gasteiger partial charge in [0.2, 0.25) is 0 Å². The van der Waals surface area contributed by atoms with Gasteiger partial charge in [0.15, 0.2) is 0 Å². The van der Waals surface area contributed by atoms with Crippen molar-refractivity contribution in [2.75, 3.05) is 6.61 Å². The average molecular weight is 225 g/mol. The first-order valence-corrected chi connectivity index (χ1v) is 5.18. The minimum absolute atomic E-state index is 0.477.